The molecule has 3 nitrogen and oxygen atoms in total. The van der Waals surface area contributed by atoms with Crippen molar-refractivity contribution in [2.45, 2.75) is 43.8 Å². The van der Waals surface area contributed by atoms with Crippen LogP contribution in [0.25, 0.3) is 0 Å². The SMILES string of the molecule is COc1ccc([C@]2(O)CCSC2)cc1OC1CCCC1. The summed E-state index contributed by atoms with van der Waals surface area (Å²) in [6, 6.07) is 5.86. The zero-order chi connectivity index (χ0) is 14.0. The van der Waals surface area contributed by atoms with Gasteiger partial charge in [-0.3, -0.25) is 0 Å². The second kappa shape index (κ2) is 5.86. The third-order valence-corrected chi connectivity index (χ3v) is 5.47. The molecule has 0 amide bonds. The maximum Gasteiger partial charge on any atom is 0.161 e. The van der Waals surface area contributed by atoms with Gasteiger partial charge in [-0.2, -0.15) is 11.8 Å². The summed E-state index contributed by atoms with van der Waals surface area (Å²) in [6.45, 7) is 0. The lowest BCUT2D eigenvalue weighted by Gasteiger charge is -2.24. The molecule has 1 atom stereocenters. The molecule has 1 saturated heterocycles. The van der Waals surface area contributed by atoms with Gasteiger partial charge < -0.3 is 14.6 Å². The standard InChI is InChI=1S/C16H22O3S/c1-18-14-7-6-12(16(17)8-9-20-11-16)10-15(14)19-13-4-2-3-5-13/h6-7,10,13,17H,2-5,8-9,11H2,1H3/t16-/m0/s1. The smallest absolute Gasteiger partial charge is 0.161 e. The van der Waals surface area contributed by atoms with Crippen molar-refractivity contribution in [2.24, 2.45) is 0 Å². The molecule has 4 heteroatoms. The van der Waals surface area contributed by atoms with Crippen LogP contribution in [0.5, 0.6) is 11.5 Å². The fourth-order valence-electron chi connectivity index (χ4n) is 3.03. The number of hydrogen-bond acceptors (Lipinski definition) is 4. The van der Waals surface area contributed by atoms with Crippen molar-refractivity contribution >= 4 is 11.8 Å². The summed E-state index contributed by atoms with van der Waals surface area (Å²) in [4.78, 5) is 0. The van der Waals surface area contributed by atoms with E-state index < -0.39 is 5.60 Å². The van der Waals surface area contributed by atoms with E-state index in [1.54, 1.807) is 18.9 Å². The highest BCUT2D eigenvalue weighted by Crippen LogP contribution is 2.40. The topological polar surface area (TPSA) is 38.7 Å². The monoisotopic (exact) mass is 294 g/mol. The van der Waals surface area contributed by atoms with E-state index in [1.807, 2.05) is 18.2 Å². The first-order valence-electron chi connectivity index (χ1n) is 7.36. The molecule has 1 aliphatic carbocycles. The van der Waals surface area contributed by atoms with E-state index in [1.165, 1.54) is 12.8 Å². The average Bonchev–Trinajstić information content (AvgIpc) is 3.11. The summed E-state index contributed by atoms with van der Waals surface area (Å²) >= 11 is 1.80. The first-order valence-corrected chi connectivity index (χ1v) is 8.52. The van der Waals surface area contributed by atoms with Gasteiger partial charge in [0.25, 0.3) is 0 Å². The third kappa shape index (κ3) is 2.77. The van der Waals surface area contributed by atoms with Crippen molar-refractivity contribution in [1.82, 2.24) is 0 Å². The van der Waals surface area contributed by atoms with Gasteiger partial charge in [0.1, 0.15) is 0 Å². The van der Waals surface area contributed by atoms with Crippen molar-refractivity contribution in [3.8, 4) is 11.5 Å². The van der Waals surface area contributed by atoms with Crippen molar-refractivity contribution in [3.63, 3.8) is 0 Å². The zero-order valence-electron chi connectivity index (χ0n) is 11.9. The van der Waals surface area contributed by atoms with Crippen LogP contribution in [0.15, 0.2) is 18.2 Å². The summed E-state index contributed by atoms with van der Waals surface area (Å²) in [6.07, 6.45) is 5.83. The molecule has 2 fully saturated rings. The highest BCUT2D eigenvalue weighted by molar-refractivity contribution is 7.99. The molecule has 110 valence electrons. The van der Waals surface area contributed by atoms with Gasteiger partial charge in [-0.05, 0) is 55.6 Å². The number of thioether (sulfide) groups is 1. The Morgan fingerprint density at radius 2 is 2.05 bits per heavy atom. The maximum atomic E-state index is 10.7. The summed E-state index contributed by atoms with van der Waals surface area (Å²) in [5.74, 6) is 3.32. The largest absolute Gasteiger partial charge is 0.493 e. The Bertz CT molecular complexity index is 463. The minimum absolute atomic E-state index is 0.298. The van der Waals surface area contributed by atoms with E-state index >= 15 is 0 Å². The molecule has 0 radical (unpaired) electrons. The first kappa shape index (κ1) is 14.1. The van der Waals surface area contributed by atoms with Gasteiger partial charge >= 0.3 is 0 Å². The first-order chi connectivity index (χ1) is 9.71. The third-order valence-electron chi connectivity index (χ3n) is 4.30. The molecule has 0 aromatic heterocycles. The van der Waals surface area contributed by atoms with Crippen LogP contribution in [0.2, 0.25) is 0 Å². The van der Waals surface area contributed by atoms with E-state index in [-0.39, 0.29) is 0 Å². The summed E-state index contributed by atoms with van der Waals surface area (Å²) in [5.41, 5.74) is 0.251. The van der Waals surface area contributed by atoms with Crippen LogP contribution in [0, 0.1) is 0 Å². The van der Waals surface area contributed by atoms with Crippen LogP contribution in [-0.2, 0) is 5.60 Å². The average molecular weight is 294 g/mol. The number of methoxy groups -OCH3 is 1. The van der Waals surface area contributed by atoms with Crippen molar-refractivity contribution in [1.29, 1.82) is 0 Å². The zero-order valence-corrected chi connectivity index (χ0v) is 12.7. The molecule has 0 spiro atoms. The number of rotatable bonds is 4. The second-order valence-electron chi connectivity index (χ2n) is 5.72. The molecule has 1 N–H and O–H groups in total. The van der Waals surface area contributed by atoms with Crippen LogP contribution in [0.1, 0.15) is 37.7 Å². The van der Waals surface area contributed by atoms with E-state index in [9.17, 15) is 5.11 Å². The normalized spacial score (nSPS) is 26.9. The molecule has 1 saturated carbocycles. The maximum absolute atomic E-state index is 10.7. The number of aliphatic hydroxyl groups is 1. The van der Waals surface area contributed by atoms with Gasteiger partial charge in [0.15, 0.2) is 11.5 Å². The van der Waals surface area contributed by atoms with E-state index in [0.29, 0.717) is 6.10 Å². The summed E-state index contributed by atoms with van der Waals surface area (Å²) in [7, 11) is 1.66. The predicted molar refractivity (Wildman–Crippen MR) is 81.7 cm³/mol. The molecule has 0 unspecified atom stereocenters. The minimum atomic E-state index is -0.704. The van der Waals surface area contributed by atoms with Gasteiger partial charge in [-0.25, -0.2) is 0 Å². The fraction of sp³-hybridized carbons (Fsp3) is 0.625. The lowest BCUT2D eigenvalue weighted by molar-refractivity contribution is 0.0651. The number of benzene rings is 1. The Balaban J connectivity index is 1.85. The van der Waals surface area contributed by atoms with Crippen molar-refractivity contribution in [3.05, 3.63) is 23.8 Å². The Hall–Kier alpha value is -0.870. The number of hydrogen-bond donors (Lipinski definition) is 1. The highest BCUT2D eigenvalue weighted by atomic mass is 32.2. The Kier molecular flexibility index (Phi) is 4.13. The van der Waals surface area contributed by atoms with Crippen LogP contribution in [-0.4, -0.2) is 29.8 Å². The van der Waals surface area contributed by atoms with Gasteiger partial charge in [-0.15, -0.1) is 0 Å². The van der Waals surface area contributed by atoms with E-state index in [2.05, 4.69) is 0 Å². The van der Waals surface area contributed by atoms with Crippen LogP contribution in [0.4, 0.5) is 0 Å². The minimum Gasteiger partial charge on any atom is -0.493 e. The molecule has 3 rings (SSSR count). The summed E-state index contributed by atoms with van der Waals surface area (Å²) < 4.78 is 11.5. The predicted octanol–water partition coefficient (Wildman–Crippen LogP) is 3.34. The van der Waals surface area contributed by atoms with Crippen molar-refractivity contribution < 1.29 is 14.6 Å². The van der Waals surface area contributed by atoms with E-state index in [0.717, 1.165) is 47.8 Å². The Morgan fingerprint density at radius 3 is 2.70 bits per heavy atom. The highest BCUT2D eigenvalue weighted by Gasteiger charge is 2.34. The fourth-order valence-corrected chi connectivity index (χ4v) is 4.30. The lowest BCUT2D eigenvalue weighted by atomic mass is 9.93. The second-order valence-corrected chi connectivity index (χ2v) is 6.83. The molecule has 1 heterocycles. The Labute approximate surface area is 124 Å². The van der Waals surface area contributed by atoms with E-state index in [4.69, 9.17) is 9.47 Å². The Morgan fingerprint density at radius 1 is 1.25 bits per heavy atom. The van der Waals surface area contributed by atoms with Gasteiger partial charge in [0.2, 0.25) is 0 Å². The molecule has 2 aliphatic rings. The van der Waals surface area contributed by atoms with Crippen LogP contribution >= 0.6 is 11.8 Å². The van der Waals surface area contributed by atoms with Crippen LogP contribution in [0.3, 0.4) is 0 Å². The summed E-state index contributed by atoms with van der Waals surface area (Å²) in [5, 5.41) is 10.7. The van der Waals surface area contributed by atoms with Gasteiger partial charge in [-0.1, -0.05) is 6.07 Å². The molecule has 1 aromatic rings. The number of ether oxygens (including phenoxy) is 2. The molecular formula is C16H22O3S. The molecule has 1 aromatic carbocycles. The van der Waals surface area contributed by atoms with Gasteiger partial charge in [0, 0.05) is 5.75 Å². The quantitative estimate of drug-likeness (QED) is 0.924. The lowest BCUT2D eigenvalue weighted by Crippen LogP contribution is -2.25. The van der Waals surface area contributed by atoms with Crippen molar-refractivity contribution in [2.75, 3.05) is 18.6 Å². The molecule has 0 bridgehead atoms. The molecule has 20 heavy (non-hydrogen) atoms. The molecule has 1 aliphatic heterocycles. The van der Waals surface area contributed by atoms with Gasteiger partial charge in [0.05, 0.1) is 18.8 Å². The molecular weight excluding hydrogens is 272 g/mol. The van der Waals surface area contributed by atoms with Crippen LogP contribution < -0.4 is 9.47 Å².